The number of ether oxygens (including phenoxy) is 2. The van der Waals surface area contributed by atoms with Crippen molar-refractivity contribution in [1.82, 2.24) is 0 Å². The van der Waals surface area contributed by atoms with Crippen molar-refractivity contribution in [2.45, 2.75) is 20.0 Å². The quantitative estimate of drug-likeness (QED) is 0.344. The van der Waals surface area contributed by atoms with Gasteiger partial charge in [0.05, 0.1) is 7.11 Å². The van der Waals surface area contributed by atoms with Gasteiger partial charge in [0.25, 0.3) is 0 Å². The molecule has 0 spiro atoms. The summed E-state index contributed by atoms with van der Waals surface area (Å²) in [6, 6.07) is 18.4. The molecule has 0 radical (unpaired) electrons. The first-order valence-corrected chi connectivity index (χ1v) is 9.45. The molecule has 0 saturated heterocycles. The van der Waals surface area contributed by atoms with Crippen molar-refractivity contribution in [1.29, 1.82) is 0 Å². The molecule has 0 unspecified atom stereocenters. The Kier molecular flexibility index (Phi) is 5.39. The van der Waals surface area contributed by atoms with Gasteiger partial charge in [-0.05, 0) is 42.3 Å². The van der Waals surface area contributed by atoms with Crippen LogP contribution in [0.1, 0.15) is 33.0 Å². The van der Waals surface area contributed by atoms with E-state index in [2.05, 4.69) is 4.74 Å². The van der Waals surface area contributed by atoms with E-state index in [1.165, 1.54) is 13.2 Å². The number of hydrogen-bond donors (Lipinski definition) is 0. The van der Waals surface area contributed by atoms with Crippen LogP contribution in [0.5, 0.6) is 5.75 Å². The van der Waals surface area contributed by atoms with Gasteiger partial charge in [-0.15, -0.1) is 0 Å². The minimum atomic E-state index is -0.546. The number of furan rings is 1. The summed E-state index contributed by atoms with van der Waals surface area (Å²) in [5.41, 5.74) is 2.70. The molecule has 0 N–H and O–H groups in total. The van der Waals surface area contributed by atoms with E-state index in [4.69, 9.17) is 13.6 Å². The molecule has 0 bridgehead atoms. The number of esters is 1. The number of fused-ring (bicyclic) bond motifs is 1. The predicted octanol–water partition coefficient (Wildman–Crippen LogP) is 4.65. The summed E-state index contributed by atoms with van der Waals surface area (Å²) in [5.74, 6) is 0.570. The maximum absolute atomic E-state index is 12.6. The molecule has 2 aromatic heterocycles. The summed E-state index contributed by atoms with van der Waals surface area (Å²) < 4.78 is 21.3. The molecule has 2 aromatic carbocycles. The molecular weight excluding hydrogens is 384 g/mol. The number of rotatable bonds is 6. The van der Waals surface area contributed by atoms with E-state index in [9.17, 15) is 9.59 Å². The van der Waals surface area contributed by atoms with E-state index in [0.29, 0.717) is 29.1 Å². The van der Waals surface area contributed by atoms with Gasteiger partial charge in [-0.1, -0.05) is 30.3 Å². The molecule has 6 nitrogen and oxygen atoms in total. The van der Waals surface area contributed by atoms with Crippen LogP contribution in [0.25, 0.3) is 11.0 Å². The Balaban J connectivity index is 1.56. The minimum absolute atomic E-state index is 0.113. The van der Waals surface area contributed by atoms with Gasteiger partial charge in [-0.25, -0.2) is 9.59 Å². The SMILES string of the molecule is COC(=O)c1ccc(COc2ccc3c(C)c(Cc4ccccc4)c(=O)oc3c2)o1. The number of aryl methyl sites for hydroxylation is 1. The zero-order valence-corrected chi connectivity index (χ0v) is 16.6. The van der Waals surface area contributed by atoms with Crippen LogP contribution < -0.4 is 10.4 Å². The molecule has 0 aliphatic rings. The molecule has 4 rings (SSSR count). The van der Waals surface area contributed by atoms with Crippen LogP contribution in [0.2, 0.25) is 0 Å². The van der Waals surface area contributed by atoms with Gasteiger partial charge in [0.2, 0.25) is 5.76 Å². The van der Waals surface area contributed by atoms with Crippen molar-refractivity contribution in [3.63, 3.8) is 0 Å². The fourth-order valence-corrected chi connectivity index (χ4v) is 3.29. The molecule has 30 heavy (non-hydrogen) atoms. The first-order chi connectivity index (χ1) is 14.5. The first-order valence-electron chi connectivity index (χ1n) is 9.45. The molecule has 4 aromatic rings. The fourth-order valence-electron chi connectivity index (χ4n) is 3.29. The monoisotopic (exact) mass is 404 g/mol. The summed E-state index contributed by atoms with van der Waals surface area (Å²) >= 11 is 0. The summed E-state index contributed by atoms with van der Waals surface area (Å²) in [6.45, 7) is 2.05. The third-order valence-corrected chi connectivity index (χ3v) is 4.91. The minimum Gasteiger partial charge on any atom is -0.486 e. The topological polar surface area (TPSA) is 78.9 Å². The lowest BCUT2D eigenvalue weighted by Crippen LogP contribution is -2.11. The standard InChI is InChI=1S/C24H20O6/c1-15-19-10-8-17(28-14-18-9-11-21(29-18)24(26)27-2)13-22(19)30-23(25)20(15)12-16-6-4-3-5-7-16/h3-11,13H,12,14H2,1-2H3. The van der Waals surface area contributed by atoms with Crippen LogP contribution in [0.4, 0.5) is 0 Å². The van der Waals surface area contributed by atoms with Crippen molar-refractivity contribution in [3.8, 4) is 5.75 Å². The van der Waals surface area contributed by atoms with Gasteiger partial charge < -0.3 is 18.3 Å². The second-order valence-electron chi connectivity index (χ2n) is 6.86. The Hall–Kier alpha value is -3.80. The molecule has 0 aliphatic carbocycles. The molecule has 0 fully saturated rings. The maximum atomic E-state index is 12.6. The summed E-state index contributed by atoms with van der Waals surface area (Å²) in [5, 5.41) is 0.860. The molecule has 0 amide bonds. The predicted molar refractivity (Wildman–Crippen MR) is 111 cm³/mol. The number of benzene rings is 2. The Morgan fingerprint density at radius 2 is 1.80 bits per heavy atom. The Bertz CT molecular complexity index is 1250. The highest BCUT2D eigenvalue weighted by atomic mass is 16.5. The number of methoxy groups -OCH3 is 1. The molecule has 2 heterocycles. The molecule has 0 saturated carbocycles. The normalized spacial score (nSPS) is 10.9. The Morgan fingerprint density at radius 3 is 2.57 bits per heavy atom. The van der Waals surface area contributed by atoms with E-state index in [0.717, 1.165) is 16.5 Å². The maximum Gasteiger partial charge on any atom is 0.373 e. The second kappa shape index (κ2) is 8.29. The largest absolute Gasteiger partial charge is 0.486 e. The van der Waals surface area contributed by atoms with Crippen LogP contribution in [0.15, 0.2) is 74.3 Å². The third kappa shape index (κ3) is 3.98. The van der Waals surface area contributed by atoms with Crippen LogP contribution in [0, 0.1) is 6.92 Å². The molecule has 152 valence electrons. The van der Waals surface area contributed by atoms with Gasteiger partial charge >= 0.3 is 11.6 Å². The van der Waals surface area contributed by atoms with E-state index in [1.807, 2.05) is 49.4 Å². The Morgan fingerprint density at radius 1 is 1.00 bits per heavy atom. The fraction of sp³-hybridized carbons (Fsp3) is 0.167. The number of hydrogen-bond acceptors (Lipinski definition) is 6. The lowest BCUT2D eigenvalue weighted by Gasteiger charge is -2.10. The lowest BCUT2D eigenvalue weighted by atomic mass is 10.00. The number of carbonyl (C=O) groups excluding carboxylic acids is 1. The van der Waals surface area contributed by atoms with Crippen molar-refractivity contribution in [2.24, 2.45) is 0 Å². The molecule has 0 aliphatic heterocycles. The summed E-state index contributed by atoms with van der Waals surface area (Å²) in [6.07, 6.45) is 0.518. The van der Waals surface area contributed by atoms with Crippen molar-refractivity contribution < 1.29 is 23.1 Å². The van der Waals surface area contributed by atoms with Crippen LogP contribution >= 0.6 is 0 Å². The van der Waals surface area contributed by atoms with Crippen molar-refractivity contribution in [2.75, 3.05) is 7.11 Å². The highest BCUT2D eigenvalue weighted by Crippen LogP contribution is 2.26. The molecule has 0 atom stereocenters. The van der Waals surface area contributed by atoms with Gasteiger partial charge in [0.15, 0.2) is 0 Å². The van der Waals surface area contributed by atoms with Gasteiger partial charge in [-0.2, -0.15) is 0 Å². The molecular formula is C24H20O6. The third-order valence-electron chi connectivity index (χ3n) is 4.91. The lowest BCUT2D eigenvalue weighted by molar-refractivity contribution is 0.0561. The van der Waals surface area contributed by atoms with Crippen LogP contribution in [0.3, 0.4) is 0 Å². The number of carbonyl (C=O) groups is 1. The van der Waals surface area contributed by atoms with E-state index in [-0.39, 0.29) is 18.0 Å². The van der Waals surface area contributed by atoms with Crippen LogP contribution in [-0.4, -0.2) is 13.1 Å². The Labute approximate surface area is 172 Å². The average molecular weight is 404 g/mol. The average Bonchev–Trinajstić information content (AvgIpc) is 3.24. The highest BCUT2D eigenvalue weighted by molar-refractivity contribution is 5.86. The summed E-state index contributed by atoms with van der Waals surface area (Å²) in [7, 11) is 1.29. The highest BCUT2D eigenvalue weighted by Gasteiger charge is 2.14. The van der Waals surface area contributed by atoms with Gasteiger partial charge in [-0.3, -0.25) is 0 Å². The van der Waals surface area contributed by atoms with E-state index >= 15 is 0 Å². The van der Waals surface area contributed by atoms with E-state index in [1.54, 1.807) is 12.1 Å². The van der Waals surface area contributed by atoms with Crippen LogP contribution in [-0.2, 0) is 17.8 Å². The van der Waals surface area contributed by atoms with Gasteiger partial charge in [0.1, 0.15) is 23.7 Å². The van der Waals surface area contributed by atoms with Crippen molar-refractivity contribution in [3.05, 3.63) is 99.3 Å². The smallest absolute Gasteiger partial charge is 0.373 e. The second-order valence-corrected chi connectivity index (χ2v) is 6.86. The first kappa shape index (κ1) is 19.5. The van der Waals surface area contributed by atoms with E-state index < -0.39 is 5.97 Å². The molecule has 6 heteroatoms. The zero-order valence-electron chi connectivity index (χ0n) is 16.6. The zero-order chi connectivity index (χ0) is 21.1. The van der Waals surface area contributed by atoms with Crippen molar-refractivity contribution >= 4 is 16.9 Å². The van der Waals surface area contributed by atoms with Gasteiger partial charge in [0, 0.05) is 23.4 Å². The summed E-state index contributed by atoms with van der Waals surface area (Å²) in [4.78, 5) is 24.0.